The molecule has 0 spiro atoms. The van der Waals surface area contributed by atoms with Gasteiger partial charge in [0, 0.05) is 6.54 Å². The second-order valence-corrected chi connectivity index (χ2v) is 5.66. The highest BCUT2D eigenvalue weighted by Gasteiger charge is 2.11. The minimum atomic E-state index is -0.218. The van der Waals surface area contributed by atoms with E-state index in [0.29, 0.717) is 17.3 Å². The van der Waals surface area contributed by atoms with Crippen LogP contribution in [0.15, 0.2) is 48.5 Å². The Labute approximate surface area is 145 Å². The number of hydrogen-bond acceptors (Lipinski definition) is 3. The van der Waals surface area contributed by atoms with Crippen molar-refractivity contribution < 1.29 is 9.53 Å². The van der Waals surface area contributed by atoms with Crippen molar-refractivity contribution in [2.24, 2.45) is 0 Å². The van der Waals surface area contributed by atoms with Crippen molar-refractivity contribution in [1.29, 1.82) is 0 Å². The maximum absolute atomic E-state index is 12.0. The Balaban J connectivity index is 1.61. The third-order valence-electron chi connectivity index (χ3n) is 3.69. The van der Waals surface area contributed by atoms with E-state index in [4.69, 9.17) is 16.3 Å². The molecular formula is C18H18ClN3O2. The summed E-state index contributed by atoms with van der Waals surface area (Å²) in [6.45, 7) is 3.12. The molecule has 1 heterocycles. The van der Waals surface area contributed by atoms with Crippen LogP contribution in [0.1, 0.15) is 12.7 Å². The third-order valence-corrected chi connectivity index (χ3v) is 4.00. The molecule has 0 saturated heterocycles. The van der Waals surface area contributed by atoms with E-state index in [1.165, 1.54) is 0 Å². The quantitative estimate of drug-likeness (QED) is 0.746. The molecule has 0 unspecified atom stereocenters. The first kappa shape index (κ1) is 16.3. The van der Waals surface area contributed by atoms with E-state index in [9.17, 15) is 4.79 Å². The monoisotopic (exact) mass is 343 g/mol. The predicted molar refractivity (Wildman–Crippen MR) is 94.2 cm³/mol. The van der Waals surface area contributed by atoms with Crippen LogP contribution < -0.4 is 10.1 Å². The van der Waals surface area contributed by atoms with Crippen LogP contribution in [-0.4, -0.2) is 22.1 Å². The predicted octanol–water partition coefficient (Wildman–Crippen LogP) is 3.40. The van der Waals surface area contributed by atoms with E-state index < -0.39 is 0 Å². The number of nitrogens with zero attached hydrogens (tertiary/aromatic N) is 2. The molecule has 1 aromatic heterocycles. The van der Waals surface area contributed by atoms with E-state index in [0.717, 1.165) is 23.4 Å². The molecule has 3 aromatic rings. The smallest absolute Gasteiger partial charge is 0.258 e. The molecule has 0 aliphatic carbocycles. The van der Waals surface area contributed by atoms with Crippen molar-refractivity contribution in [1.82, 2.24) is 14.9 Å². The molecule has 0 radical (unpaired) electrons. The summed E-state index contributed by atoms with van der Waals surface area (Å²) >= 11 is 6.00. The lowest BCUT2D eigenvalue weighted by Gasteiger charge is -2.09. The number of fused-ring (bicyclic) bond motifs is 1. The number of carbonyl (C=O) groups excluding carboxylic acids is 1. The van der Waals surface area contributed by atoms with E-state index in [-0.39, 0.29) is 12.5 Å². The maximum atomic E-state index is 12.0. The number of imidazole rings is 1. The largest absolute Gasteiger partial charge is 0.482 e. The number of amides is 1. The van der Waals surface area contributed by atoms with Crippen molar-refractivity contribution in [3.05, 3.63) is 59.4 Å². The molecule has 24 heavy (non-hydrogen) atoms. The number of carbonyl (C=O) groups is 1. The second-order valence-electron chi connectivity index (χ2n) is 5.26. The summed E-state index contributed by atoms with van der Waals surface area (Å²) < 4.78 is 7.52. The Hall–Kier alpha value is -2.53. The number of benzene rings is 2. The van der Waals surface area contributed by atoms with E-state index in [1.807, 2.05) is 36.4 Å². The Morgan fingerprint density at radius 3 is 2.75 bits per heavy atom. The van der Waals surface area contributed by atoms with Gasteiger partial charge in [-0.3, -0.25) is 4.79 Å². The Morgan fingerprint density at radius 2 is 1.96 bits per heavy atom. The lowest BCUT2D eigenvalue weighted by Crippen LogP contribution is -2.29. The van der Waals surface area contributed by atoms with Crippen LogP contribution in [0.5, 0.6) is 5.75 Å². The molecule has 0 aliphatic rings. The van der Waals surface area contributed by atoms with Crippen LogP contribution in [0.25, 0.3) is 11.0 Å². The third kappa shape index (κ3) is 3.51. The molecule has 124 valence electrons. The van der Waals surface area contributed by atoms with Gasteiger partial charge in [0.25, 0.3) is 5.91 Å². The molecule has 5 nitrogen and oxygen atoms in total. The first-order chi connectivity index (χ1) is 11.7. The fourth-order valence-corrected chi connectivity index (χ4v) is 2.74. The van der Waals surface area contributed by atoms with Gasteiger partial charge in [0.2, 0.25) is 0 Å². The number of nitrogens with one attached hydrogen (secondary N) is 1. The minimum absolute atomic E-state index is 0.0872. The highest BCUT2D eigenvalue weighted by molar-refractivity contribution is 6.32. The van der Waals surface area contributed by atoms with Gasteiger partial charge in [0.1, 0.15) is 11.6 Å². The molecule has 6 heteroatoms. The fourth-order valence-electron chi connectivity index (χ4n) is 2.55. The average molecular weight is 344 g/mol. The van der Waals surface area contributed by atoms with Crippen LogP contribution in [0.2, 0.25) is 5.02 Å². The zero-order chi connectivity index (χ0) is 16.9. The molecule has 0 saturated carbocycles. The summed E-state index contributed by atoms with van der Waals surface area (Å²) in [6.07, 6.45) is 0. The van der Waals surface area contributed by atoms with Crippen molar-refractivity contribution in [3.8, 4) is 5.75 Å². The Bertz CT molecular complexity index is 860. The summed E-state index contributed by atoms with van der Waals surface area (Å²) in [7, 11) is 0. The first-order valence-electron chi connectivity index (χ1n) is 7.77. The molecule has 0 aliphatic heterocycles. The average Bonchev–Trinajstić information content (AvgIpc) is 2.96. The molecule has 0 atom stereocenters. The second kappa shape index (κ2) is 7.36. The summed E-state index contributed by atoms with van der Waals surface area (Å²) in [5.41, 5.74) is 1.99. The van der Waals surface area contributed by atoms with Crippen molar-refractivity contribution in [2.75, 3.05) is 6.61 Å². The zero-order valence-corrected chi connectivity index (χ0v) is 14.1. The van der Waals surface area contributed by atoms with Crippen LogP contribution in [0.4, 0.5) is 0 Å². The van der Waals surface area contributed by atoms with Crippen LogP contribution >= 0.6 is 11.6 Å². The summed E-state index contributed by atoms with van der Waals surface area (Å²) in [4.78, 5) is 16.6. The summed E-state index contributed by atoms with van der Waals surface area (Å²) in [5.74, 6) is 1.10. The highest BCUT2D eigenvalue weighted by atomic mass is 35.5. The van der Waals surface area contributed by atoms with Gasteiger partial charge in [-0.25, -0.2) is 4.98 Å². The lowest BCUT2D eigenvalue weighted by atomic mass is 10.3. The normalized spacial score (nSPS) is 10.8. The molecular weight excluding hydrogens is 326 g/mol. The van der Waals surface area contributed by atoms with E-state index in [1.54, 1.807) is 12.1 Å². The number of aryl methyl sites for hydroxylation is 1. The van der Waals surface area contributed by atoms with Crippen LogP contribution in [-0.2, 0) is 17.9 Å². The molecule has 1 amide bonds. The molecule has 0 bridgehead atoms. The van der Waals surface area contributed by atoms with Gasteiger partial charge in [-0.15, -0.1) is 0 Å². The van der Waals surface area contributed by atoms with Gasteiger partial charge in [-0.1, -0.05) is 35.9 Å². The topological polar surface area (TPSA) is 56.2 Å². The maximum Gasteiger partial charge on any atom is 0.258 e. The first-order valence-corrected chi connectivity index (χ1v) is 8.15. The van der Waals surface area contributed by atoms with Crippen molar-refractivity contribution in [3.63, 3.8) is 0 Å². The van der Waals surface area contributed by atoms with Crippen LogP contribution in [0.3, 0.4) is 0 Å². The summed E-state index contributed by atoms with van der Waals surface area (Å²) in [5, 5.41) is 3.32. The van der Waals surface area contributed by atoms with Crippen molar-refractivity contribution >= 4 is 28.5 Å². The minimum Gasteiger partial charge on any atom is -0.482 e. The SMILES string of the molecule is CCn1c(CNC(=O)COc2ccccc2Cl)nc2ccccc21. The van der Waals surface area contributed by atoms with Gasteiger partial charge in [-0.2, -0.15) is 0 Å². The number of para-hydroxylation sites is 3. The standard InChI is InChI=1S/C18H18ClN3O2/c1-2-22-15-9-5-4-8-14(15)21-17(22)11-20-18(23)12-24-16-10-6-3-7-13(16)19/h3-10H,2,11-12H2,1H3,(H,20,23). The van der Waals surface area contributed by atoms with E-state index >= 15 is 0 Å². The van der Waals surface area contributed by atoms with Gasteiger partial charge in [-0.05, 0) is 31.2 Å². The molecule has 1 N–H and O–H groups in total. The highest BCUT2D eigenvalue weighted by Crippen LogP contribution is 2.22. The number of halogens is 1. The van der Waals surface area contributed by atoms with Gasteiger partial charge >= 0.3 is 0 Å². The van der Waals surface area contributed by atoms with Gasteiger partial charge in [0.05, 0.1) is 22.6 Å². The number of aromatic nitrogens is 2. The Morgan fingerprint density at radius 1 is 1.21 bits per heavy atom. The molecule has 0 fully saturated rings. The van der Waals surface area contributed by atoms with E-state index in [2.05, 4.69) is 21.8 Å². The molecule has 3 rings (SSSR count). The van der Waals surface area contributed by atoms with Gasteiger partial charge in [0.15, 0.2) is 6.61 Å². The number of hydrogen-bond donors (Lipinski definition) is 1. The van der Waals surface area contributed by atoms with Crippen LogP contribution in [0, 0.1) is 0 Å². The van der Waals surface area contributed by atoms with Crippen molar-refractivity contribution in [2.45, 2.75) is 20.0 Å². The number of ether oxygens (including phenoxy) is 1. The Kier molecular flexibility index (Phi) is 5.01. The van der Waals surface area contributed by atoms with Gasteiger partial charge < -0.3 is 14.6 Å². The zero-order valence-electron chi connectivity index (χ0n) is 13.3. The lowest BCUT2D eigenvalue weighted by molar-refractivity contribution is -0.123. The summed E-state index contributed by atoms with van der Waals surface area (Å²) in [6, 6.07) is 15.0. The number of rotatable bonds is 6. The fraction of sp³-hybridized carbons (Fsp3) is 0.222. The molecule has 2 aromatic carbocycles.